The topological polar surface area (TPSA) is 77.9 Å². The van der Waals surface area contributed by atoms with Crippen molar-refractivity contribution in [2.45, 2.75) is 13.5 Å². The van der Waals surface area contributed by atoms with Gasteiger partial charge in [0.15, 0.2) is 11.5 Å². The van der Waals surface area contributed by atoms with E-state index < -0.39 is 5.97 Å². The van der Waals surface area contributed by atoms with Gasteiger partial charge in [0.25, 0.3) is 0 Å². The molecule has 0 fully saturated rings. The van der Waals surface area contributed by atoms with Gasteiger partial charge in [-0.2, -0.15) is 0 Å². The molecule has 0 spiro atoms. The summed E-state index contributed by atoms with van der Waals surface area (Å²) in [6.45, 7) is 2.19. The number of aryl methyl sites for hydroxylation is 1. The minimum Gasteiger partial charge on any atom is -0.477 e. The molecule has 0 radical (unpaired) electrons. The summed E-state index contributed by atoms with van der Waals surface area (Å²) in [6, 6.07) is 8.56. The molecular weight excluding hydrogens is 274 g/mol. The Bertz CT molecular complexity index is 698. The lowest BCUT2D eigenvalue weighted by Gasteiger charge is -2.09. The minimum absolute atomic E-state index is 0.0429. The lowest BCUT2D eigenvalue weighted by molar-refractivity contribution is 0.0690. The molecule has 6 heteroatoms. The Morgan fingerprint density at radius 3 is 2.90 bits per heavy atom. The molecule has 1 aromatic heterocycles. The summed E-state index contributed by atoms with van der Waals surface area (Å²) in [7, 11) is 0. The van der Waals surface area contributed by atoms with Crippen molar-refractivity contribution in [1.82, 2.24) is 4.98 Å². The lowest BCUT2D eigenvalue weighted by atomic mass is 10.2. The van der Waals surface area contributed by atoms with Crippen LogP contribution in [0.1, 0.15) is 21.6 Å². The molecular formula is C15H13NO5. The number of carboxylic acid groups (broad SMARTS) is 1. The van der Waals surface area contributed by atoms with Gasteiger partial charge in [-0.05, 0) is 36.8 Å². The normalized spacial score (nSPS) is 12.2. The van der Waals surface area contributed by atoms with Crippen LogP contribution in [-0.2, 0) is 6.61 Å². The van der Waals surface area contributed by atoms with E-state index >= 15 is 0 Å². The number of aromatic carboxylic acids is 1. The Morgan fingerprint density at radius 1 is 1.29 bits per heavy atom. The van der Waals surface area contributed by atoms with Crippen LogP contribution in [0.3, 0.4) is 0 Å². The smallest absolute Gasteiger partial charge is 0.341 e. The van der Waals surface area contributed by atoms with Gasteiger partial charge in [-0.3, -0.25) is 0 Å². The summed E-state index contributed by atoms with van der Waals surface area (Å²) in [5.41, 5.74) is 1.58. The van der Waals surface area contributed by atoms with Gasteiger partial charge in [0, 0.05) is 5.69 Å². The molecule has 1 aromatic carbocycles. The Hall–Kier alpha value is -2.76. The summed E-state index contributed by atoms with van der Waals surface area (Å²) in [5.74, 6) is 0.397. The standard InChI is InChI=1S/C15H13NO5/c1-9-2-4-11(15(17)18)14(16-9)19-7-10-3-5-12-13(6-10)21-8-20-12/h2-6H,7-8H2,1H3,(H,17,18). The number of fused-ring (bicyclic) bond motifs is 1. The SMILES string of the molecule is Cc1ccc(C(=O)O)c(OCc2ccc3c(c2)OCO3)n1. The van der Waals surface area contributed by atoms with Crippen LogP contribution in [0.2, 0.25) is 0 Å². The first-order valence-electron chi connectivity index (χ1n) is 6.36. The molecule has 6 nitrogen and oxygen atoms in total. The largest absolute Gasteiger partial charge is 0.477 e. The van der Waals surface area contributed by atoms with Crippen LogP contribution in [0.4, 0.5) is 0 Å². The van der Waals surface area contributed by atoms with E-state index in [0.29, 0.717) is 17.2 Å². The molecule has 1 N–H and O–H groups in total. The summed E-state index contributed by atoms with van der Waals surface area (Å²) in [4.78, 5) is 15.3. The zero-order chi connectivity index (χ0) is 14.8. The number of benzene rings is 1. The molecule has 108 valence electrons. The fourth-order valence-electron chi connectivity index (χ4n) is 1.99. The van der Waals surface area contributed by atoms with E-state index in [4.69, 9.17) is 19.3 Å². The van der Waals surface area contributed by atoms with Crippen LogP contribution in [0, 0.1) is 6.92 Å². The number of pyridine rings is 1. The Labute approximate surface area is 120 Å². The Morgan fingerprint density at radius 2 is 2.10 bits per heavy atom. The third-order valence-electron chi connectivity index (χ3n) is 3.04. The molecule has 3 rings (SSSR count). The maximum absolute atomic E-state index is 11.1. The van der Waals surface area contributed by atoms with Crippen molar-refractivity contribution in [3.63, 3.8) is 0 Å². The summed E-state index contributed by atoms with van der Waals surface area (Å²) in [5, 5.41) is 9.12. The van der Waals surface area contributed by atoms with Crippen LogP contribution in [0.25, 0.3) is 0 Å². The van der Waals surface area contributed by atoms with Crippen LogP contribution >= 0.6 is 0 Å². The number of carboxylic acids is 1. The molecule has 21 heavy (non-hydrogen) atoms. The minimum atomic E-state index is -1.07. The van der Waals surface area contributed by atoms with E-state index in [-0.39, 0.29) is 24.8 Å². The summed E-state index contributed by atoms with van der Waals surface area (Å²) in [6.07, 6.45) is 0. The van der Waals surface area contributed by atoms with Crippen LogP contribution < -0.4 is 14.2 Å². The number of nitrogens with zero attached hydrogens (tertiary/aromatic N) is 1. The number of carbonyl (C=O) groups is 1. The molecule has 0 saturated heterocycles. The predicted molar refractivity (Wildman–Crippen MR) is 72.8 cm³/mol. The third-order valence-corrected chi connectivity index (χ3v) is 3.04. The van der Waals surface area contributed by atoms with Crippen molar-refractivity contribution in [2.24, 2.45) is 0 Å². The van der Waals surface area contributed by atoms with E-state index in [0.717, 1.165) is 5.56 Å². The maximum Gasteiger partial charge on any atom is 0.341 e. The van der Waals surface area contributed by atoms with Crippen molar-refractivity contribution in [3.05, 3.63) is 47.2 Å². The molecule has 2 heterocycles. The second-order valence-corrected chi connectivity index (χ2v) is 4.59. The van der Waals surface area contributed by atoms with Gasteiger partial charge in [0.05, 0.1) is 0 Å². The first-order valence-corrected chi connectivity index (χ1v) is 6.36. The van der Waals surface area contributed by atoms with Crippen LogP contribution in [0.5, 0.6) is 17.4 Å². The number of rotatable bonds is 4. The molecule has 1 aliphatic rings. The van der Waals surface area contributed by atoms with Crippen molar-refractivity contribution in [2.75, 3.05) is 6.79 Å². The zero-order valence-corrected chi connectivity index (χ0v) is 11.3. The van der Waals surface area contributed by atoms with Crippen molar-refractivity contribution >= 4 is 5.97 Å². The second-order valence-electron chi connectivity index (χ2n) is 4.59. The van der Waals surface area contributed by atoms with Gasteiger partial charge in [-0.15, -0.1) is 0 Å². The van der Waals surface area contributed by atoms with Gasteiger partial charge < -0.3 is 19.3 Å². The molecule has 0 aliphatic carbocycles. The van der Waals surface area contributed by atoms with Gasteiger partial charge in [-0.1, -0.05) is 6.07 Å². The average Bonchev–Trinajstić information content (AvgIpc) is 2.92. The summed E-state index contributed by atoms with van der Waals surface area (Å²) < 4.78 is 16.1. The van der Waals surface area contributed by atoms with Crippen molar-refractivity contribution < 1.29 is 24.1 Å². The molecule has 0 unspecified atom stereocenters. The van der Waals surface area contributed by atoms with Crippen molar-refractivity contribution in [1.29, 1.82) is 0 Å². The Balaban J connectivity index is 1.78. The van der Waals surface area contributed by atoms with Gasteiger partial charge >= 0.3 is 5.97 Å². The molecule has 0 saturated carbocycles. The van der Waals surface area contributed by atoms with Crippen molar-refractivity contribution in [3.8, 4) is 17.4 Å². The maximum atomic E-state index is 11.1. The van der Waals surface area contributed by atoms with E-state index in [1.54, 1.807) is 25.1 Å². The van der Waals surface area contributed by atoms with Crippen LogP contribution in [0.15, 0.2) is 30.3 Å². The van der Waals surface area contributed by atoms with E-state index in [2.05, 4.69) is 4.98 Å². The quantitative estimate of drug-likeness (QED) is 0.930. The first-order chi connectivity index (χ1) is 10.1. The van der Waals surface area contributed by atoms with E-state index in [1.165, 1.54) is 6.07 Å². The zero-order valence-electron chi connectivity index (χ0n) is 11.3. The second kappa shape index (κ2) is 5.32. The number of aromatic nitrogens is 1. The average molecular weight is 287 g/mol. The number of hydrogen-bond acceptors (Lipinski definition) is 5. The van der Waals surface area contributed by atoms with E-state index in [1.807, 2.05) is 6.07 Å². The highest BCUT2D eigenvalue weighted by molar-refractivity contribution is 5.90. The molecule has 0 bridgehead atoms. The van der Waals surface area contributed by atoms with E-state index in [9.17, 15) is 4.79 Å². The summed E-state index contributed by atoms with van der Waals surface area (Å²) >= 11 is 0. The van der Waals surface area contributed by atoms with Crippen LogP contribution in [-0.4, -0.2) is 22.9 Å². The molecule has 0 atom stereocenters. The predicted octanol–water partition coefficient (Wildman–Crippen LogP) is 2.40. The molecule has 2 aromatic rings. The fourth-order valence-corrected chi connectivity index (χ4v) is 1.99. The number of hydrogen-bond donors (Lipinski definition) is 1. The lowest BCUT2D eigenvalue weighted by Crippen LogP contribution is -2.06. The monoisotopic (exact) mass is 287 g/mol. The van der Waals surface area contributed by atoms with Gasteiger partial charge in [-0.25, -0.2) is 9.78 Å². The van der Waals surface area contributed by atoms with Gasteiger partial charge in [0.1, 0.15) is 12.2 Å². The fraction of sp³-hybridized carbons (Fsp3) is 0.200. The molecule has 1 aliphatic heterocycles. The highest BCUT2D eigenvalue weighted by atomic mass is 16.7. The molecule has 0 amide bonds. The highest BCUT2D eigenvalue weighted by Gasteiger charge is 2.15. The number of ether oxygens (including phenoxy) is 3. The first kappa shape index (κ1) is 13.2. The van der Waals surface area contributed by atoms with Gasteiger partial charge in [0.2, 0.25) is 12.7 Å². The highest BCUT2D eigenvalue weighted by Crippen LogP contribution is 2.32. The Kier molecular flexibility index (Phi) is 3.35. The third kappa shape index (κ3) is 2.74.